The summed E-state index contributed by atoms with van der Waals surface area (Å²) < 4.78 is 5.49. The number of nitrogens with zero attached hydrogens (tertiary/aromatic N) is 1. The number of aromatic nitrogens is 1. The second kappa shape index (κ2) is 5.11. The van der Waals surface area contributed by atoms with Gasteiger partial charge in [-0.05, 0) is 17.6 Å². The molecule has 6 heteroatoms. The molecule has 2 N–H and O–H groups in total. The highest BCUT2D eigenvalue weighted by molar-refractivity contribution is 7.09. The van der Waals surface area contributed by atoms with Crippen LogP contribution in [0.2, 0.25) is 0 Å². The molecule has 0 atom stereocenters. The predicted molar refractivity (Wildman–Crippen MR) is 62.7 cm³/mol. The third-order valence-electron chi connectivity index (χ3n) is 2.04. The van der Waals surface area contributed by atoms with Crippen molar-refractivity contribution in [2.45, 2.75) is 6.61 Å². The van der Waals surface area contributed by atoms with Gasteiger partial charge in [-0.2, -0.15) is 0 Å². The highest BCUT2D eigenvalue weighted by Gasteiger charge is 2.09. The van der Waals surface area contributed by atoms with Crippen LogP contribution < -0.4 is 10.2 Å². The number of hydrogen-bond donors (Lipinski definition) is 2. The molecule has 0 saturated heterocycles. The van der Waals surface area contributed by atoms with E-state index in [1.165, 1.54) is 11.3 Å². The normalized spacial score (nSPS) is 10.1. The van der Waals surface area contributed by atoms with Crippen molar-refractivity contribution in [2.24, 2.45) is 0 Å². The maximum absolute atomic E-state index is 8.90. The van der Waals surface area contributed by atoms with Gasteiger partial charge < -0.3 is 14.8 Å². The molecule has 1 heterocycles. The summed E-state index contributed by atoms with van der Waals surface area (Å²) >= 11 is 1.53. The molecular weight excluding hydrogens is 225 g/mol. The van der Waals surface area contributed by atoms with E-state index in [-0.39, 0.29) is 0 Å². The minimum absolute atomic E-state index is 0.449. The highest BCUT2D eigenvalue weighted by Crippen LogP contribution is 2.12. The van der Waals surface area contributed by atoms with E-state index in [1.54, 1.807) is 36.0 Å². The molecule has 0 amide bonds. The topological polar surface area (TPSA) is 62.6 Å². The quantitative estimate of drug-likeness (QED) is 0.753. The van der Waals surface area contributed by atoms with Crippen LogP contribution in [0.3, 0.4) is 0 Å². The van der Waals surface area contributed by atoms with Gasteiger partial charge in [0, 0.05) is 6.20 Å². The minimum atomic E-state index is -1.43. The molecule has 2 rings (SSSR count). The summed E-state index contributed by atoms with van der Waals surface area (Å²) in [6.07, 6.45) is 1.76. The largest absolute Gasteiger partial charge is 0.488 e. The van der Waals surface area contributed by atoms with Crippen molar-refractivity contribution in [1.82, 2.24) is 4.98 Å². The monoisotopic (exact) mass is 235 g/mol. The Bertz CT molecular complexity index is 430. The van der Waals surface area contributed by atoms with Crippen molar-refractivity contribution < 1.29 is 14.8 Å². The number of hydrogen-bond acceptors (Lipinski definition) is 5. The summed E-state index contributed by atoms with van der Waals surface area (Å²) in [6.45, 7) is 0.478. The number of thiazole rings is 1. The van der Waals surface area contributed by atoms with Crippen LogP contribution in [0.4, 0.5) is 0 Å². The molecule has 82 valence electrons. The first kappa shape index (κ1) is 11.1. The van der Waals surface area contributed by atoms with Gasteiger partial charge >= 0.3 is 7.12 Å². The average Bonchev–Trinajstić information content (AvgIpc) is 2.80. The lowest BCUT2D eigenvalue weighted by Crippen LogP contribution is -2.29. The molecule has 1 aromatic heterocycles. The zero-order chi connectivity index (χ0) is 11.4. The van der Waals surface area contributed by atoms with Crippen molar-refractivity contribution in [2.75, 3.05) is 0 Å². The van der Waals surface area contributed by atoms with Gasteiger partial charge in [-0.1, -0.05) is 12.1 Å². The Balaban J connectivity index is 1.95. The molecule has 4 nitrogen and oxygen atoms in total. The van der Waals surface area contributed by atoms with Crippen LogP contribution in [-0.2, 0) is 6.61 Å². The van der Waals surface area contributed by atoms with E-state index < -0.39 is 7.12 Å². The maximum atomic E-state index is 8.90. The van der Waals surface area contributed by atoms with Gasteiger partial charge in [-0.25, -0.2) is 0 Å². The fourth-order valence-electron chi connectivity index (χ4n) is 1.20. The van der Waals surface area contributed by atoms with Gasteiger partial charge in [0.25, 0.3) is 0 Å². The Morgan fingerprint density at radius 1 is 1.25 bits per heavy atom. The highest BCUT2D eigenvalue weighted by atomic mass is 32.1. The summed E-state index contributed by atoms with van der Waals surface area (Å²) in [6, 6.07) is 6.64. The fourth-order valence-corrected chi connectivity index (χ4v) is 1.71. The molecule has 0 bridgehead atoms. The van der Waals surface area contributed by atoms with E-state index in [4.69, 9.17) is 14.8 Å². The molecule has 0 aliphatic heterocycles. The Kier molecular flexibility index (Phi) is 3.56. The summed E-state index contributed by atoms with van der Waals surface area (Å²) in [5.41, 5.74) is 2.20. The fraction of sp³-hybridized carbons (Fsp3) is 0.100. The van der Waals surface area contributed by atoms with Crippen LogP contribution in [0, 0.1) is 0 Å². The molecule has 0 fully saturated rings. The van der Waals surface area contributed by atoms with E-state index in [9.17, 15) is 0 Å². The molecule has 0 saturated carbocycles. The number of ether oxygens (including phenoxy) is 1. The third kappa shape index (κ3) is 2.82. The second-order valence-electron chi connectivity index (χ2n) is 3.20. The molecule has 0 spiro atoms. The number of benzene rings is 1. The van der Waals surface area contributed by atoms with E-state index in [1.807, 2.05) is 0 Å². The SMILES string of the molecule is OB(O)c1ccc(OCc2cncs2)cc1. The van der Waals surface area contributed by atoms with E-state index in [0.717, 1.165) is 4.88 Å². The predicted octanol–water partition coefficient (Wildman–Crippen LogP) is 0.402. The Hall–Kier alpha value is -1.37. The van der Waals surface area contributed by atoms with Crippen LogP contribution in [0.25, 0.3) is 0 Å². The summed E-state index contributed by atoms with van der Waals surface area (Å²) in [4.78, 5) is 4.99. The molecule has 0 radical (unpaired) electrons. The van der Waals surface area contributed by atoms with Crippen LogP contribution in [0.5, 0.6) is 5.75 Å². The van der Waals surface area contributed by atoms with Gasteiger partial charge in [0.2, 0.25) is 0 Å². The van der Waals surface area contributed by atoms with Gasteiger partial charge in [0.15, 0.2) is 0 Å². The summed E-state index contributed by atoms with van der Waals surface area (Å²) in [5.74, 6) is 0.692. The van der Waals surface area contributed by atoms with Gasteiger partial charge in [-0.15, -0.1) is 11.3 Å². The minimum Gasteiger partial charge on any atom is -0.488 e. The average molecular weight is 235 g/mol. The van der Waals surface area contributed by atoms with Gasteiger partial charge in [-0.3, -0.25) is 4.98 Å². The Morgan fingerprint density at radius 2 is 2.00 bits per heavy atom. The maximum Gasteiger partial charge on any atom is 0.488 e. The number of rotatable bonds is 4. The van der Waals surface area contributed by atoms with E-state index in [2.05, 4.69) is 4.98 Å². The molecule has 0 aliphatic carbocycles. The standard InChI is InChI=1S/C10H10BNO3S/c13-11(14)8-1-3-9(4-2-8)15-6-10-5-12-7-16-10/h1-5,7,13-14H,6H2. The van der Waals surface area contributed by atoms with E-state index in [0.29, 0.717) is 17.8 Å². The van der Waals surface area contributed by atoms with Gasteiger partial charge in [0.05, 0.1) is 10.4 Å². The lowest BCUT2D eigenvalue weighted by atomic mass is 9.80. The molecule has 0 unspecified atom stereocenters. The zero-order valence-electron chi connectivity index (χ0n) is 8.41. The molecule has 16 heavy (non-hydrogen) atoms. The van der Waals surface area contributed by atoms with Crippen molar-refractivity contribution in [3.05, 3.63) is 40.8 Å². The molecule has 1 aromatic carbocycles. The van der Waals surface area contributed by atoms with Crippen molar-refractivity contribution >= 4 is 23.9 Å². The second-order valence-corrected chi connectivity index (χ2v) is 4.17. The van der Waals surface area contributed by atoms with E-state index >= 15 is 0 Å². The lowest BCUT2D eigenvalue weighted by Gasteiger charge is -2.05. The van der Waals surface area contributed by atoms with Crippen LogP contribution in [0.1, 0.15) is 4.88 Å². The molecule has 0 aliphatic rings. The third-order valence-corrected chi connectivity index (χ3v) is 2.80. The van der Waals surface area contributed by atoms with Crippen molar-refractivity contribution in [1.29, 1.82) is 0 Å². The van der Waals surface area contributed by atoms with Crippen molar-refractivity contribution in [3.63, 3.8) is 0 Å². The summed E-state index contributed by atoms with van der Waals surface area (Å²) in [7, 11) is -1.43. The van der Waals surface area contributed by atoms with Crippen molar-refractivity contribution in [3.8, 4) is 5.75 Å². The first-order valence-corrected chi connectivity index (χ1v) is 5.60. The van der Waals surface area contributed by atoms with Crippen LogP contribution in [0.15, 0.2) is 36.0 Å². The first-order valence-electron chi connectivity index (χ1n) is 4.72. The Labute approximate surface area is 97.3 Å². The molecule has 2 aromatic rings. The summed E-state index contributed by atoms with van der Waals surface area (Å²) in [5, 5.41) is 17.8. The smallest absolute Gasteiger partial charge is 0.488 e. The zero-order valence-corrected chi connectivity index (χ0v) is 9.22. The van der Waals surface area contributed by atoms with Crippen LogP contribution in [-0.4, -0.2) is 22.2 Å². The lowest BCUT2D eigenvalue weighted by molar-refractivity contribution is 0.309. The first-order chi connectivity index (χ1) is 7.75. The Morgan fingerprint density at radius 3 is 2.56 bits per heavy atom. The van der Waals surface area contributed by atoms with Crippen LogP contribution >= 0.6 is 11.3 Å². The van der Waals surface area contributed by atoms with Gasteiger partial charge in [0.1, 0.15) is 12.4 Å². The molecular formula is C10H10BNO3S.